The number of nitrogens with one attached hydrogen (secondary N) is 1. The van der Waals surface area contributed by atoms with Gasteiger partial charge in [-0.1, -0.05) is 0 Å². The van der Waals surface area contributed by atoms with E-state index < -0.39 is 17.4 Å². The van der Waals surface area contributed by atoms with Crippen LogP contribution in [0.1, 0.15) is 26.7 Å². The molecule has 1 aliphatic heterocycles. The second-order valence-electron chi connectivity index (χ2n) is 5.87. The third-order valence-corrected chi connectivity index (χ3v) is 2.86. The van der Waals surface area contributed by atoms with E-state index in [2.05, 4.69) is 5.32 Å². The Morgan fingerprint density at radius 3 is 2.55 bits per heavy atom. The van der Waals surface area contributed by atoms with Crippen molar-refractivity contribution in [2.24, 2.45) is 0 Å². The average molecular weight is 285 g/mol. The minimum atomic E-state index is -0.902. The van der Waals surface area contributed by atoms with Gasteiger partial charge in [0, 0.05) is 19.5 Å². The Morgan fingerprint density at radius 1 is 1.40 bits per heavy atom. The zero-order valence-corrected chi connectivity index (χ0v) is 12.3. The first-order valence-corrected chi connectivity index (χ1v) is 6.69. The number of likely N-dealkylation sites (N-methyl/N-ethyl adjacent to an activating group) is 1. The Bertz CT molecular complexity index is 390. The molecule has 0 spiro atoms. The first-order chi connectivity index (χ1) is 9.17. The molecule has 20 heavy (non-hydrogen) atoms. The molecule has 3 amide bonds. The van der Waals surface area contributed by atoms with Gasteiger partial charge in [0.2, 0.25) is 17.7 Å². The predicted octanol–water partition coefficient (Wildman–Crippen LogP) is -1.05. The maximum absolute atomic E-state index is 11.6. The quantitative estimate of drug-likeness (QED) is 0.650. The number of hydrogen-bond donors (Lipinski definition) is 2. The van der Waals surface area contributed by atoms with Crippen molar-refractivity contribution in [1.82, 2.24) is 15.1 Å². The number of rotatable bonds is 6. The third-order valence-electron chi connectivity index (χ3n) is 2.86. The van der Waals surface area contributed by atoms with Crippen molar-refractivity contribution >= 4 is 17.7 Å². The molecule has 0 aromatic rings. The van der Waals surface area contributed by atoms with Gasteiger partial charge in [-0.15, -0.1) is 0 Å². The number of amides is 3. The van der Waals surface area contributed by atoms with E-state index in [1.165, 1.54) is 4.90 Å². The summed E-state index contributed by atoms with van der Waals surface area (Å²) in [6, 6.07) is 0. The maximum Gasteiger partial charge on any atom is 0.246 e. The molecule has 0 aromatic carbocycles. The molecule has 0 aromatic heterocycles. The van der Waals surface area contributed by atoms with Gasteiger partial charge in [-0.05, 0) is 27.3 Å². The normalized spacial score (nSPS) is 15.8. The zero-order valence-electron chi connectivity index (χ0n) is 12.3. The summed E-state index contributed by atoms with van der Waals surface area (Å²) < 4.78 is 0. The van der Waals surface area contributed by atoms with Crippen LogP contribution in [0.4, 0.5) is 0 Å². The van der Waals surface area contributed by atoms with Crippen LogP contribution in [0.25, 0.3) is 0 Å². The highest BCUT2D eigenvalue weighted by Gasteiger charge is 2.23. The minimum Gasteiger partial charge on any atom is -0.389 e. The van der Waals surface area contributed by atoms with Crippen molar-refractivity contribution in [3.8, 4) is 0 Å². The predicted molar refractivity (Wildman–Crippen MR) is 72.8 cm³/mol. The van der Waals surface area contributed by atoms with Gasteiger partial charge in [0.05, 0.1) is 18.7 Å². The highest BCUT2D eigenvalue weighted by molar-refractivity contribution is 5.98. The summed E-state index contributed by atoms with van der Waals surface area (Å²) in [6.07, 6.45) is 1.23. The van der Waals surface area contributed by atoms with Crippen LogP contribution in [0.15, 0.2) is 0 Å². The molecule has 0 radical (unpaired) electrons. The topological polar surface area (TPSA) is 90.0 Å². The van der Waals surface area contributed by atoms with Gasteiger partial charge < -0.3 is 10.0 Å². The zero-order chi connectivity index (χ0) is 15.3. The molecule has 1 heterocycles. The van der Waals surface area contributed by atoms with Crippen LogP contribution in [0.5, 0.6) is 0 Å². The van der Waals surface area contributed by atoms with Crippen molar-refractivity contribution in [2.45, 2.75) is 32.3 Å². The maximum atomic E-state index is 11.6. The summed E-state index contributed by atoms with van der Waals surface area (Å²) in [5.74, 6) is -0.956. The van der Waals surface area contributed by atoms with Crippen LogP contribution in [0.2, 0.25) is 0 Å². The first kappa shape index (κ1) is 16.6. The van der Waals surface area contributed by atoms with Crippen LogP contribution in [0, 0.1) is 0 Å². The van der Waals surface area contributed by atoms with Gasteiger partial charge in [0.25, 0.3) is 0 Å². The van der Waals surface area contributed by atoms with Gasteiger partial charge in [-0.2, -0.15) is 0 Å². The number of imide groups is 1. The Labute approximate surface area is 118 Å². The van der Waals surface area contributed by atoms with Crippen LogP contribution >= 0.6 is 0 Å². The Morgan fingerprint density at radius 2 is 2.05 bits per heavy atom. The Hall–Kier alpha value is -1.47. The number of hydrogen-bond acceptors (Lipinski definition) is 5. The fourth-order valence-electron chi connectivity index (χ4n) is 2.24. The molecule has 0 unspecified atom stereocenters. The summed E-state index contributed by atoms with van der Waals surface area (Å²) >= 11 is 0. The first-order valence-electron chi connectivity index (χ1n) is 6.69. The Kier molecular flexibility index (Phi) is 5.64. The van der Waals surface area contributed by atoms with Gasteiger partial charge in [-0.25, -0.2) is 0 Å². The van der Waals surface area contributed by atoms with Gasteiger partial charge in [0.1, 0.15) is 0 Å². The van der Waals surface area contributed by atoms with Crippen molar-refractivity contribution in [3.63, 3.8) is 0 Å². The van der Waals surface area contributed by atoms with E-state index in [4.69, 9.17) is 0 Å². The molecule has 7 heteroatoms. The molecule has 0 aliphatic carbocycles. The fraction of sp³-hybridized carbons (Fsp3) is 0.769. The lowest BCUT2D eigenvalue weighted by Gasteiger charge is -2.24. The fourth-order valence-corrected chi connectivity index (χ4v) is 2.24. The largest absolute Gasteiger partial charge is 0.389 e. The minimum absolute atomic E-state index is 0.0175. The summed E-state index contributed by atoms with van der Waals surface area (Å²) in [6.45, 7) is 4.12. The average Bonchev–Trinajstić information content (AvgIpc) is 2.60. The lowest BCUT2D eigenvalue weighted by atomic mass is 10.1. The van der Waals surface area contributed by atoms with Crippen LogP contribution in [0.3, 0.4) is 0 Å². The van der Waals surface area contributed by atoms with Gasteiger partial charge in [-0.3, -0.25) is 24.6 Å². The molecule has 114 valence electrons. The van der Waals surface area contributed by atoms with E-state index in [0.717, 1.165) is 6.42 Å². The molecule has 0 saturated carbocycles. The van der Waals surface area contributed by atoms with Gasteiger partial charge >= 0.3 is 0 Å². The van der Waals surface area contributed by atoms with Crippen LogP contribution in [-0.2, 0) is 14.4 Å². The third kappa shape index (κ3) is 6.12. The standard InChI is InChI=1S/C13H23N3O4/c1-13(2,20)9-15(3)7-10(17)14-11(18)8-16-6-4-5-12(16)19/h20H,4-9H2,1-3H3,(H,14,17,18). The molecule has 1 aliphatic rings. The van der Waals surface area contributed by atoms with Gasteiger partial charge in [0.15, 0.2) is 0 Å². The van der Waals surface area contributed by atoms with E-state index in [-0.39, 0.29) is 19.0 Å². The van der Waals surface area contributed by atoms with E-state index >= 15 is 0 Å². The highest BCUT2D eigenvalue weighted by Crippen LogP contribution is 2.08. The van der Waals surface area contributed by atoms with Crippen LogP contribution < -0.4 is 5.32 Å². The SMILES string of the molecule is CN(CC(=O)NC(=O)CN1CCCC1=O)CC(C)(C)O. The van der Waals surface area contributed by atoms with E-state index in [1.807, 2.05) is 0 Å². The van der Waals surface area contributed by atoms with Crippen molar-refractivity contribution in [2.75, 3.05) is 33.2 Å². The molecular formula is C13H23N3O4. The lowest BCUT2D eigenvalue weighted by molar-refractivity contribution is -0.136. The smallest absolute Gasteiger partial charge is 0.246 e. The monoisotopic (exact) mass is 285 g/mol. The molecule has 7 nitrogen and oxygen atoms in total. The number of likely N-dealkylation sites (tertiary alicyclic amines) is 1. The molecule has 1 fully saturated rings. The van der Waals surface area contributed by atoms with Crippen molar-refractivity contribution < 1.29 is 19.5 Å². The number of aliphatic hydroxyl groups is 1. The summed E-state index contributed by atoms with van der Waals surface area (Å²) in [7, 11) is 1.69. The molecule has 0 bridgehead atoms. The van der Waals surface area contributed by atoms with E-state index in [1.54, 1.807) is 25.8 Å². The van der Waals surface area contributed by atoms with Crippen molar-refractivity contribution in [1.29, 1.82) is 0 Å². The summed E-state index contributed by atoms with van der Waals surface area (Å²) in [5.41, 5.74) is -0.902. The van der Waals surface area contributed by atoms with Crippen LogP contribution in [-0.4, -0.2) is 71.5 Å². The molecular weight excluding hydrogens is 262 g/mol. The van der Waals surface area contributed by atoms with E-state index in [0.29, 0.717) is 19.5 Å². The number of nitrogens with zero attached hydrogens (tertiary/aromatic N) is 2. The molecule has 2 N–H and O–H groups in total. The molecule has 1 rings (SSSR count). The second kappa shape index (κ2) is 6.81. The summed E-state index contributed by atoms with van der Waals surface area (Å²) in [4.78, 5) is 37.7. The lowest BCUT2D eigenvalue weighted by Crippen LogP contribution is -2.46. The number of carbonyl (C=O) groups excluding carboxylic acids is 3. The highest BCUT2D eigenvalue weighted by atomic mass is 16.3. The van der Waals surface area contributed by atoms with Crippen molar-refractivity contribution in [3.05, 3.63) is 0 Å². The summed E-state index contributed by atoms with van der Waals surface area (Å²) in [5, 5.41) is 11.9. The molecule has 0 atom stereocenters. The number of carbonyl (C=O) groups is 3. The van der Waals surface area contributed by atoms with E-state index in [9.17, 15) is 19.5 Å². The Balaban J connectivity index is 2.31. The molecule has 1 saturated heterocycles. The second-order valence-corrected chi connectivity index (χ2v) is 5.87.